The second kappa shape index (κ2) is 46.8. The van der Waals surface area contributed by atoms with Crippen LogP contribution in [-0.4, -0.2) is 46.9 Å². The van der Waals surface area contributed by atoms with Crippen molar-refractivity contribution in [2.75, 3.05) is 6.61 Å². The third-order valence-corrected chi connectivity index (χ3v) is 10.4. The van der Waals surface area contributed by atoms with Crippen LogP contribution in [0.15, 0.2) is 97.2 Å². The van der Waals surface area contributed by atoms with Crippen molar-refractivity contribution in [2.45, 2.75) is 225 Å². The number of esters is 1. The first-order valence-electron chi connectivity index (χ1n) is 24.5. The first-order valence-corrected chi connectivity index (χ1v) is 24.5. The van der Waals surface area contributed by atoms with Crippen LogP contribution in [-0.2, 0) is 14.3 Å². The number of amides is 1. The fourth-order valence-corrected chi connectivity index (χ4v) is 6.74. The fraction of sp³-hybridized carbons (Fsp3) is 0.667. The number of hydrogen-bond donors (Lipinski definition) is 3. The smallest absolute Gasteiger partial charge is 0.306 e. The van der Waals surface area contributed by atoms with E-state index in [1.807, 2.05) is 6.08 Å². The summed E-state index contributed by atoms with van der Waals surface area (Å²) in [6.07, 6.45) is 61.9. The summed E-state index contributed by atoms with van der Waals surface area (Å²) in [7, 11) is 0. The molecule has 0 aromatic carbocycles. The number of rotatable bonds is 42. The summed E-state index contributed by atoms with van der Waals surface area (Å²) in [6, 6.07) is -0.727. The van der Waals surface area contributed by atoms with Gasteiger partial charge in [-0.3, -0.25) is 9.59 Å². The minimum atomic E-state index is -0.809. The molecule has 3 atom stereocenters. The van der Waals surface area contributed by atoms with Crippen molar-refractivity contribution >= 4 is 11.9 Å². The van der Waals surface area contributed by atoms with E-state index < -0.39 is 18.2 Å². The number of aliphatic hydroxyl groups is 2. The van der Waals surface area contributed by atoms with Crippen LogP contribution in [0, 0.1) is 0 Å². The number of carbonyl (C=O) groups is 2. The molecule has 0 aromatic rings. The summed E-state index contributed by atoms with van der Waals surface area (Å²) >= 11 is 0. The molecule has 0 aliphatic rings. The van der Waals surface area contributed by atoms with Crippen molar-refractivity contribution in [2.24, 2.45) is 0 Å². The molecule has 0 bridgehead atoms. The van der Waals surface area contributed by atoms with Gasteiger partial charge in [0.05, 0.1) is 25.2 Å². The lowest BCUT2D eigenvalue weighted by molar-refractivity contribution is -0.150. The summed E-state index contributed by atoms with van der Waals surface area (Å²) in [5.74, 6) is -0.604. The predicted molar refractivity (Wildman–Crippen MR) is 259 cm³/mol. The lowest BCUT2D eigenvalue weighted by Crippen LogP contribution is -2.46. The van der Waals surface area contributed by atoms with E-state index in [-0.39, 0.29) is 31.3 Å². The summed E-state index contributed by atoms with van der Waals surface area (Å²) in [6.45, 7) is 6.28. The monoisotopic (exact) mass is 834 g/mol. The minimum absolute atomic E-state index is 0.0280. The van der Waals surface area contributed by atoms with E-state index in [0.717, 1.165) is 96.3 Å². The van der Waals surface area contributed by atoms with Crippen molar-refractivity contribution in [3.05, 3.63) is 97.2 Å². The van der Waals surface area contributed by atoms with Gasteiger partial charge in [0.15, 0.2) is 0 Å². The SMILES string of the molecule is CC/C=C\C/C=C\C/C=C\C/C=C\C/C=C\C/C=C\CCC(=O)OC(CCCCCC/C=C/C=C/CCCCC)CC(=O)NC(CO)C(O)CCCCCCCCCCC. The zero-order valence-corrected chi connectivity index (χ0v) is 38.8. The molecule has 0 aliphatic heterocycles. The third kappa shape index (κ3) is 41.5. The van der Waals surface area contributed by atoms with Gasteiger partial charge in [0.25, 0.3) is 0 Å². The molecule has 6 heteroatoms. The van der Waals surface area contributed by atoms with Crippen LogP contribution in [0.5, 0.6) is 0 Å². The lowest BCUT2D eigenvalue weighted by Gasteiger charge is -2.24. The van der Waals surface area contributed by atoms with Crippen molar-refractivity contribution in [1.82, 2.24) is 5.32 Å². The van der Waals surface area contributed by atoms with E-state index in [1.54, 1.807) is 0 Å². The molecule has 0 rings (SSSR count). The average molecular weight is 834 g/mol. The highest BCUT2D eigenvalue weighted by Crippen LogP contribution is 2.16. The number of ether oxygens (including phenoxy) is 1. The Morgan fingerprint density at radius 3 is 1.47 bits per heavy atom. The Kier molecular flexibility index (Phi) is 44.3. The highest BCUT2D eigenvalue weighted by molar-refractivity contribution is 5.77. The number of nitrogens with one attached hydrogen (secondary N) is 1. The number of unbranched alkanes of at least 4 members (excludes halogenated alkanes) is 15. The second-order valence-corrected chi connectivity index (χ2v) is 16.2. The van der Waals surface area contributed by atoms with Crippen molar-refractivity contribution in [1.29, 1.82) is 0 Å². The van der Waals surface area contributed by atoms with Gasteiger partial charge in [-0.05, 0) is 89.9 Å². The normalized spacial score (nSPS) is 14.2. The Morgan fingerprint density at radius 1 is 0.517 bits per heavy atom. The van der Waals surface area contributed by atoms with Gasteiger partial charge < -0.3 is 20.3 Å². The summed E-state index contributed by atoms with van der Waals surface area (Å²) in [5, 5.41) is 23.6. The van der Waals surface area contributed by atoms with Crippen LogP contribution >= 0.6 is 0 Å². The van der Waals surface area contributed by atoms with Crippen LogP contribution in [0.25, 0.3) is 0 Å². The van der Waals surface area contributed by atoms with Crippen LogP contribution in [0.3, 0.4) is 0 Å². The topological polar surface area (TPSA) is 95.9 Å². The number of allylic oxidation sites excluding steroid dienone is 16. The minimum Gasteiger partial charge on any atom is -0.462 e. The molecular formula is C54H91NO5. The van der Waals surface area contributed by atoms with E-state index in [0.29, 0.717) is 19.3 Å². The van der Waals surface area contributed by atoms with E-state index in [1.165, 1.54) is 57.8 Å². The van der Waals surface area contributed by atoms with Crippen LogP contribution in [0.1, 0.15) is 207 Å². The van der Waals surface area contributed by atoms with Crippen molar-refractivity contribution in [3.8, 4) is 0 Å². The van der Waals surface area contributed by atoms with E-state index in [4.69, 9.17) is 4.74 Å². The van der Waals surface area contributed by atoms with Gasteiger partial charge in [0.2, 0.25) is 5.91 Å². The molecule has 0 saturated carbocycles. The molecule has 0 saturated heterocycles. The van der Waals surface area contributed by atoms with E-state index >= 15 is 0 Å². The van der Waals surface area contributed by atoms with E-state index in [9.17, 15) is 19.8 Å². The molecule has 6 nitrogen and oxygen atoms in total. The Morgan fingerprint density at radius 2 is 0.950 bits per heavy atom. The van der Waals surface area contributed by atoms with Gasteiger partial charge in [-0.2, -0.15) is 0 Å². The van der Waals surface area contributed by atoms with Gasteiger partial charge >= 0.3 is 5.97 Å². The quantitative estimate of drug-likeness (QED) is 0.0246. The molecule has 0 radical (unpaired) electrons. The molecule has 0 spiro atoms. The van der Waals surface area contributed by atoms with E-state index in [2.05, 4.69) is 117 Å². The summed E-state index contributed by atoms with van der Waals surface area (Å²) in [4.78, 5) is 26.0. The molecular weight excluding hydrogens is 743 g/mol. The number of carbonyl (C=O) groups excluding carboxylic acids is 2. The zero-order valence-electron chi connectivity index (χ0n) is 38.8. The Hall–Kier alpha value is -3.22. The zero-order chi connectivity index (χ0) is 43.8. The average Bonchev–Trinajstić information content (AvgIpc) is 3.24. The van der Waals surface area contributed by atoms with Crippen LogP contribution in [0.2, 0.25) is 0 Å². The molecule has 0 heterocycles. The first-order chi connectivity index (χ1) is 29.5. The maximum absolute atomic E-state index is 13.1. The number of aliphatic hydroxyl groups excluding tert-OH is 2. The second-order valence-electron chi connectivity index (χ2n) is 16.2. The third-order valence-electron chi connectivity index (χ3n) is 10.4. The van der Waals surface area contributed by atoms with Gasteiger partial charge in [-0.1, -0.05) is 201 Å². The van der Waals surface area contributed by atoms with Crippen LogP contribution in [0.4, 0.5) is 0 Å². The highest BCUT2D eigenvalue weighted by Gasteiger charge is 2.24. The standard InChI is InChI=1S/C54H91NO5/c1-4-7-10-13-16-19-21-23-24-25-26-27-28-30-32-35-38-41-44-47-54(59)60-50(45-42-39-36-34-31-29-22-20-17-14-11-8-5-2)48-53(58)55-51(49-56)52(57)46-43-40-37-33-18-15-12-9-6-3/h7,10,16-17,19-20,22-24,26-27,29-30,32,38,41,50-52,56-57H,4-6,8-9,11-15,18,21,25,28,31,33-37,39-40,42-49H2,1-3H3,(H,55,58)/b10-7-,19-16-,20-17+,24-23-,27-26-,29-22+,32-30-,41-38-. The van der Waals surface area contributed by atoms with Gasteiger partial charge in [-0.15, -0.1) is 0 Å². The summed E-state index contributed by atoms with van der Waals surface area (Å²) < 4.78 is 5.86. The lowest BCUT2D eigenvalue weighted by atomic mass is 10.0. The maximum Gasteiger partial charge on any atom is 0.306 e. The first kappa shape index (κ1) is 56.8. The molecule has 0 fully saturated rings. The molecule has 0 aliphatic carbocycles. The highest BCUT2D eigenvalue weighted by atomic mass is 16.5. The molecule has 60 heavy (non-hydrogen) atoms. The summed E-state index contributed by atoms with van der Waals surface area (Å²) in [5.41, 5.74) is 0. The molecule has 1 amide bonds. The molecule has 0 aromatic heterocycles. The van der Waals surface area contributed by atoms with Crippen molar-refractivity contribution in [3.63, 3.8) is 0 Å². The van der Waals surface area contributed by atoms with Gasteiger partial charge in [0, 0.05) is 6.42 Å². The Labute approximate surface area is 369 Å². The predicted octanol–water partition coefficient (Wildman–Crippen LogP) is 14.6. The van der Waals surface area contributed by atoms with Crippen LogP contribution < -0.4 is 5.32 Å². The molecule has 342 valence electrons. The van der Waals surface area contributed by atoms with Crippen molar-refractivity contribution < 1.29 is 24.5 Å². The Bertz CT molecular complexity index is 1210. The number of hydrogen-bond acceptors (Lipinski definition) is 5. The van der Waals surface area contributed by atoms with Gasteiger partial charge in [0.1, 0.15) is 6.10 Å². The van der Waals surface area contributed by atoms with Gasteiger partial charge in [-0.25, -0.2) is 0 Å². The maximum atomic E-state index is 13.1. The molecule has 3 unspecified atom stereocenters. The fourth-order valence-electron chi connectivity index (χ4n) is 6.74. The Balaban J connectivity index is 4.74. The largest absolute Gasteiger partial charge is 0.462 e. The molecule has 3 N–H and O–H groups in total.